The van der Waals surface area contributed by atoms with Gasteiger partial charge in [-0.25, -0.2) is 0 Å². The Bertz CT molecular complexity index is 1120. The maximum Gasteiger partial charge on any atom is 0.261 e. The maximum absolute atomic E-state index is 12.6. The number of hydrogen-bond acceptors (Lipinski definition) is 5. The molecule has 1 fully saturated rings. The molecule has 0 aliphatic carbocycles. The first-order chi connectivity index (χ1) is 16.3. The van der Waals surface area contributed by atoms with Gasteiger partial charge in [-0.15, -0.1) is 0 Å². The van der Waals surface area contributed by atoms with E-state index >= 15 is 0 Å². The minimum absolute atomic E-state index is 0.0358. The van der Waals surface area contributed by atoms with Gasteiger partial charge in [-0.05, 0) is 69.1 Å². The van der Waals surface area contributed by atoms with Crippen molar-refractivity contribution in [1.29, 1.82) is 0 Å². The summed E-state index contributed by atoms with van der Waals surface area (Å²) in [5.41, 5.74) is 8.99. The van der Waals surface area contributed by atoms with Crippen molar-refractivity contribution in [2.75, 3.05) is 25.0 Å². The molecule has 178 valence electrons. The molecule has 4 amide bonds. The molecule has 0 saturated carbocycles. The molecule has 0 unspecified atom stereocenters. The van der Waals surface area contributed by atoms with Gasteiger partial charge in [-0.3, -0.25) is 29.0 Å². The van der Waals surface area contributed by atoms with Gasteiger partial charge in [0.15, 0.2) is 0 Å². The SMILES string of the molecule is Cc1ccc2c(c1)C(=O)N(CCCC(=O)Nc1cccc(CN3CCC(C(N)=O)CC3)c1)C2=O. The smallest absolute Gasteiger partial charge is 0.261 e. The Morgan fingerprint density at radius 1 is 1.03 bits per heavy atom. The Morgan fingerprint density at radius 3 is 2.50 bits per heavy atom. The molecular formula is C26H30N4O4. The van der Waals surface area contributed by atoms with Crippen molar-refractivity contribution in [3.8, 4) is 0 Å². The van der Waals surface area contributed by atoms with Gasteiger partial charge >= 0.3 is 0 Å². The van der Waals surface area contributed by atoms with Crippen molar-refractivity contribution in [2.24, 2.45) is 11.7 Å². The van der Waals surface area contributed by atoms with Crippen molar-refractivity contribution in [3.63, 3.8) is 0 Å². The lowest BCUT2D eigenvalue weighted by Gasteiger charge is -2.30. The molecule has 0 spiro atoms. The summed E-state index contributed by atoms with van der Waals surface area (Å²) in [7, 11) is 0. The molecule has 2 aliphatic heterocycles. The Labute approximate surface area is 199 Å². The topological polar surface area (TPSA) is 113 Å². The van der Waals surface area contributed by atoms with Crippen LogP contribution in [-0.4, -0.2) is 53.1 Å². The highest BCUT2D eigenvalue weighted by atomic mass is 16.2. The summed E-state index contributed by atoms with van der Waals surface area (Å²) in [5, 5.41) is 2.91. The van der Waals surface area contributed by atoms with Gasteiger partial charge in [0.2, 0.25) is 11.8 Å². The van der Waals surface area contributed by atoms with Crippen LogP contribution in [0.3, 0.4) is 0 Å². The second-order valence-corrected chi connectivity index (χ2v) is 9.12. The van der Waals surface area contributed by atoms with Crippen LogP contribution in [0.5, 0.6) is 0 Å². The third-order valence-corrected chi connectivity index (χ3v) is 6.52. The molecule has 34 heavy (non-hydrogen) atoms. The highest BCUT2D eigenvalue weighted by Gasteiger charge is 2.35. The van der Waals surface area contributed by atoms with Crippen LogP contribution < -0.4 is 11.1 Å². The lowest BCUT2D eigenvalue weighted by Crippen LogP contribution is -2.38. The van der Waals surface area contributed by atoms with E-state index in [0.29, 0.717) is 23.2 Å². The number of carbonyl (C=O) groups excluding carboxylic acids is 4. The van der Waals surface area contributed by atoms with Crippen molar-refractivity contribution in [1.82, 2.24) is 9.80 Å². The molecule has 8 nitrogen and oxygen atoms in total. The molecule has 0 radical (unpaired) electrons. The number of imide groups is 1. The van der Waals surface area contributed by atoms with Crippen LogP contribution in [0.25, 0.3) is 0 Å². The van der Waals surface area contributed by atoms with Crippen LogP contribution in [0.2, 0.25) is 0 Å². The third-order valence-electron chi connectivity index (χ3n) is 6.52. The number of likely N-dealkylation sites (tertiary alicyclic amines) is 1. The van der Waals surface area contributed by atoms with Crippen LogP contribution in [0.15, 0.2) is 42.5 Å². The number of anilines is 1. The van der Waals surface area contributed by atoms with Gasteiger partial charge in [-0.1, -0.05) is 23.8 Å². The lowest BCUT2D eigenvalue weighted by atomic mass is 9.96. The number of carbonyl (C=O) groups is 4. The van der Waals surface area contributed by atoms with Gasteiger partial charge < -0.3 is 11.1 Å². The predicted molar refractivity (Wildman–Crippen MR) is 128 cm³/mol. The second-order valence-electron chi connectivity index (χ2n) is 9.12. The van der Waals surface area contributed by atoms with E-state index < -0.39 is 0 Å². The largest absolute Gasteiger partial charge is 0.369 e. The molecule has 0 bridgehead atoms. The van der Waals surface area contributed by atoms with E-state index in [1.165, 1.54) is 4.90 Å². The zero-order chi connectivity index (χ0) is 24.2. The molecule has 2 heterocycles. The van der Waals surface area contributed by atoms with E-state index in [4.69, 9.17) is 5.73 Å². The summed E-state index contributed by atoms with van der Waals surface area (Å²) in [4.78, 5) is 52.4. The second kappa shape index (κ2) is 10.2. The number of hydrogen-bond donors (Lipinski definition) is 2. The quantitative estimate of drug-likeness (QED) is 0.586. The zero-order valence-electron chi connectivity index (χ0n) is 19.4. The van der Waals surface area contributed by atoms with E-state index in [9.17, 15) is 19.2 Å². The van der Waals surface area contributed by atoms with Gasteiger partial charge in [0.1, 0.15) is 0 Å². The van der Waals surface area contributed by atoms with Crippen molar-refractivity contribution >= 4 is 29.3 Å². The summed E-state index contributed by atoms with van der Waals surface area (Å²) < 4.78 is 0. The molecule has 3 N–H and O–H groups in total. The highest BCUT2D eigenvalue weighted by molar-refractivity contribution is 6.21. The van der Waals surface area contributed by atoms with Crippen molar-refractivity contribution < 1.29 is 19.2 Å². The molecule has 8 heteroatoms. The zero-order valence-corrected chi connectivity index (χ0v) is 19.4. The molecular weight excluding hydrogens is 432 g/mol. The van der Waals surface area contributed by atoms with Gasteiger partial charge in [0.05, 0.1) is 11.1 Å². The number of aryl methyl sites for hydroxylation is 1. The first kappa shape index (κ1) is 23.6. The number of fused-ring (bicyclic) bond motifs is 1. The van der Waals surface area contributed by atoms with Crippen LogP contribution in [0, 0.1) is 12.8 Å². The molecule has 1 saturated heterocycles. The first-order valence-corrected chi connectivity index (χ1v) is 11.7. The third kappa shape index (κ3) is 5.34. The number of primary amides is 1. The fourth-order valence-electron chi connectivity index (χ4n) is 4.61. The van der Waals surface area contributed by atoms with Crippen molar-refractivity contribution in [3.05, 3.63) is 64.7 Å². The number of nitrogens with zero attached hydrogens (tertiary/aromatic N) is 2. The van der Waals surface area contributed by atoms with Crippen LogP contribution in [0.4, 0.5) is 5.69 Å². The fraction of sp³-hybridized carbons (Fsp3) is 0.385. The summed E-state index contributed by atoms with van der Waals surface area (Å²) in [6.07, 6.45) is 2.15. The van der Waals surface area contributed by atoms with E-state index in [1.807, 2.05) is 37.3 Å². The van der Waals surface area contributed by atoms with Crippen LogP contribution in [0.1, 0.15) is 57.5 Å². The number of amides is 4. The summed E-state index contributed by atoms with van der Waals surface area (Å²) in [6, 6.07) is 12.9. The fourth-order valence-corrected chi connectivity index (χ4v) is 4.61. The Balaban J connectivity index is 1.24. The monoisotopic (exact) mass is 462 g/mol. The highest BCUT2D eigenvalue weighted by Crippen LogP contribution is 2.24. The number of nitrogens with two attached hydrogens (primary N) is 1. The van der Waals surface area contributed by atoms with E-state index in [1.54, 1.807) is 12.1 Å². The first-order valence-electron chi connectivity index (χ1n) is 11.7. The van der Waals surface area contributed by atoms with E-state index in [-0.39, 0.29) is 42.5 Å². The summed E-state index contributed by atoms with van der Waals surface area (Å²) in [5.74, 6) is -1.01. The predicted octanol–water partition coefficient (Wildman–Crippen LogP) is 2.71. The van der Waals surface area contributed by atoms with Gasteiger partial charge in [-0.2, -0.15) is 0 Å². The number of benzene rings is 2. The number of rotatable bonds is 8. The summed E-state index contributed by atoms with van der Waals surface area (Å²) >= 11 is 0. The normalized spacial score (nSPS) is 16.6. The molecule has 2 aliphatic rings. The van der Waals surface area contributed by atoms with E-state index in [2.05, 4.69) is 10.2 Å². The number of nitrogens with one attached hydrogen (secondary N) is 1. The molecule has 2 aromatic rings. The van der Waals surface area contributed by atoms with Crippen molar-refractivity contribution in [2.45, 2.75) is 39.2 Å². The maximum atomic E-state index is 12.6. The Kier molecular flexibility index (Phi) is 7.07. The van der Waals surface area contributed by atoms with Gasteiger partial charge in [0, 0.05) is 31.1 Å². The Hall–Kier alpha value is -3.52. The summed E-state index contributed by atoms with van der Waals surface area (Å²) in [6.45, 7) is 4.48. The molecule has 2 aromatic carbocycles. The molecule has 0 aromatic heterocycles. The minimum Gasteiger partial charge on any atom is -0.369 e. The van der Waals surface area contributed by atoms with Crippen LogP contribution >= 0.6 is 0 Å². The molecule has 4 rings (SSSR count). The lowest BCUT2D eigenvalue weighted by molar-refractivity contribution is -0.123. The molecule has 0 atom stereocenters. The van der Waals surface area contributed by atoms with Gasteiger partial charge in [0.25, 0.3) is 11.8 Å². The Morgan fingerprint density at radius 2 is 1.76 bits per heavy atom. The minimum atomic E-state index is -0.298. The average molecular weight is 463 g/mol. The average Bonchev–Trinajstić information content (AvgIpc) is 3.04. The number of piperidine rings is 1. The van der Waals surface area contributed by atoms with E-state index in [0.717, 1.165) is 43.6 Å². The standard InChI is InChI=1S/C26H30N4O4/c1-17-7-8-21-22(14-17)26(34)30(25(21)33)11-3-6-23(31)28-20-5-2-4-18(15-20)16-29-12-9-19(10-13-29)24(27)32/h2,4-5,7-8,14-15,19H,3,6,9-13,16H2,1H3,(H2,27,32)(H,28,31). The van der Waals surface area contributed by atoms with Crippen LogP contribution in [-0.2, 0) is 16.1 Å².